The highest BCUT2D eigenvalue weighted by Gasteiger charge is 2.43. The highest BCUT2D eigenvalue weighted by Crippen LogP contribution is 2.44. The predicted molar refractivity (Wildman–Crippen MR) is 106 cm³/mol. The smallest absolute Gasteiger partial charge is 0.336 e. The maximum Gasteiger partial charge on any atom is 0.336 e. The van der Waals surface area contributed by atoms with E-state index in [0.29, 0.717) is 23.6 Å². The van der Waals surface area contributed by atoms with Gasteiger partial charge in [0.15, 0.2) is 0 Å². The van der Waals surface area contributed by atoms with E-state index in [-0.39, 0.29) is 30.8 Å². The van der Waals surface area contributed by atoms with Crippen LogP contribution in [0, 0.1) is 13.8 Å². The number of carbonyl (C=O) groups excluding carboxylic acids is 2. The quantitative estimate of drug-likeness (QED) is 0.755. The van der Waals surface area contributed by atoms with Crippen LogP contribution < -0.4 is 9.64 Å². The summed E-state index contributed by atoms with van der Waals surface area (Å²) in [4.78, 5) is 27.5. The van der Waals surface area contributed by atoms with Gasteiger partial charge in [-0.2, -0.15) is 0 Å². The van der Waals surface area contributed by atoms with E-state index < -0.39 is 0 Å². The first-order valence-corrected chi connectivity index (χ1v) is 9.52. The van der Waals surface area contributed by atoms with Crippen LogP contribution in [0.1, 0.15) is 36.0 Å². The molecule has 0 bridgehead atoms. The molecule has 2 aromatic rings. The molecule has 5 nitrogen and oxygen atoms in total. The zero-order valence-electron chi connectivity index (χ0n) is 16.3. The molecular formula is C23H23NO4. The lowest BCUT2D eigenvalue weighted by molar-refractivity contribution is -0.136. The molecule has 0 aliphatic carbocycles. The third kappa shape index (κ3) is 3.07. The molecule has 0 spiro atoms. The van der Waals surface area contributed by atoms with Crippen LogP contribution in [0.4, 0.5) is 5.69 Å². The van der Waals surface area contributed by atoms with Gasteiger partial charge in [-0.1, -0.05) is 24.3 Å². The lowest BCUT2D eigenvalue weighted by Gasteiger charge is -2.32. The molecule has 2 heterocycles. The number of nitrogens with zero attached hydrogens (tertiary/aromatic N) is 1. The molecule has 0 saturated heterocycles. The Bertz CT molecular complexity index is 972. The normalized spacial score (nSPS) is 19.0. The first-order valence-electron chi connectivity index (χ1n) is 9.52. The van der Waals surface area contributed by atoms with Gasteiger partial charge in [0, 0.05) is 23.6 Å². The van der Waals surface area contributed by atoms with Crippen molar-refractivity contribution in [2.75, 3.05) is 18.1 Å². The molecule has 0 aromatic heterocycles. The number of para-hydroxylation sites is 1. The molecular weight excluding hydrogens is 354 g/mol. The van der Waals surface area contributed by atoms with Gasteiger partial charge < -0.3 is 9.47 Å². The third-order valence-corrected chi connectivity index (χ3v) is 5.18. The van der Waals surface area contributed by atoms with Crippen molar-refractivity contribution in [1.82, 2.24) is 0 Å². The standard InChI is InChI=1S/C23H23NO4/c1-4-27-20-8-6-5-7-17(20)18-12-21(25)24(19-13-28-23(26)22(18)19)16-10-14(2)9-15(3)11-16/h5-11,18H,4,12-13H2,1-3H3. The van der Waals surface area contributed by atoms with Crippen molar-refractivity contribution in [3.8, 4) is 5.75 Å². The van der Waals surface area contributed by atoms with Crippen LogP contribution >= 0.6 is 0 Å². The SMILES string of the molecule is CCOc1ccccc1C1CC(=O)N(c2cc(C)cc(C)c2)C2=C1C(=O)OC2. The van der Waals surface area contributed by atoms with Crippen LogP contribution in [-0.2, 0) is 14.3 Å². The maximum absolute atomic E-state index is 13.2. The minimum Gasteiger partial charge on any atom is -0.494 e. The highest BCUT2D eigenvalue weighted by atomic mass is 16.5. The average molecular weight is 377 g/mol. The fourth-order valence-corrected chi connectivity index (χ4v) is 4.15. The first-order chi connectivity index (χ1) is 13.5. The summed E-state index contributed by atoms with van der Waals surface area (Å²) in [5.41, 5.74) is 4.97. The topological polar surface area (TPSA) is 55.8 Å². The summed E-state index contributed by atoms with van der Waals surface area (Å²) < 4.78 is 11.1. The van der Waals surface area contributed by atoms with Crippen molar-refractivity contribution in [1.29, 1.82) is 0 Å². The Morgan fingerprint density at radius 3 is 2.54 bits per heavy atom. The Labute approximate surface area is 164 Å². The van der Waals surface area contributed by atoms with Crippen LogP contribution in [-0.4, -0.2) is 25.1 Å². The monoisotopic (exact) mass is 377 g/mol. The molecule has 0 N–H and O–H groups in total. The average Bonchev–Trinajstić information content (AvgIpc) is 3.02. The van der Waals surface area contributed by atoms with Gasteiger partial charge >= 0.3 is 5.97 Å². The van der Waals surface area contributed by atoms with E-state index in [2.05, 4.69) is 6.07 Å². The van der Waals surface area contributed by atoms with E-state index in [9.17, 15) is 9.59 Å². The summed E-state index contributed by atoms with van der Waals surface area (Å²) in [6.07, 6.45) is 0.199. The Hall–Kier alpha value is -3.08. The van der Waals surface area contributed by atoms with E-state index in [1.54, 1.807) is 4.90 Å². The van der Waals surface area contributed by atoms with Gasteiger partial charge in [0.05, 0.1) is 17.9 Å². The second kappa shape index (κ2) is 7.15. The Morgan fingerprint density at radius 1 is 1.11 bits per heavy atom. The number of cyclic esters (lactones) is 1. The third-order valence-electron chi connectivity index (χ3n) is 5.18. The van der Waals surface area contributed by atoms with E-state index in [1.807, 2.05) is 57.2 Å². The molecule has 1 amide bonds. The minimum absolute atomic E-state index is 0.0432. The zero-order chi connectivity index (χ0) is 19.8. The number of rotatable bonds is 4. The molecule has 2 aliphatic rings. The summed E-state index contributed by atoms with van der Waals surface area (Å²) in [7, 11) is 0. The number of ether oxygens (including phenoxy) is 2. The maximum atomic E-state index is 13.2. The van der Waals surface area contributed by atoms with Crippen LogP contribution in [0.15, 0.2) is 53.7 Å². The Balaban J connectivity index is 1.85. The summed E-state index contributed by atoms with van der Waals surface area (Å²) in [6.45, 7) is 6.54. The lowest BCUT2D eigenvalue weighted by atomic mass is 9.83. The summed E-state index contributed by atoms with van der Waals surface area (Å²) in [6, 6.07) is 13.6. The summed E-state index contributed by atoms with van der Waals surface area (Å²) in [5, 5.41) is 0. The fourth-order valence-electron chi connectivity index (χ4n) is 4.15. The minimum atomic E-state index is -0.359. The number of benzene rings is 2. The number of anilines is 1. The lowest BCUT2D eigenvalue weighted by Crippen LogP contribution is -2.37. The number of amides is 1. The number of aryl methyl sites for hydroxylation is 2. The molecule has 0 saturated carbocycles. The summed E-state index contributed by atoms with van der Waals surface area (Å²) in [5.74, 6) is -0.0527. The van der Waals surface area contributed by atoms with Crippen molar-refractivity contribution in [3.05, 3.63) is 70.4 Å². The number of carbonyl (C=O) groups is 2. The molecule has 0 radical (unpaired) electrons. The number of esters is 1. The van der Waals surface area contributed by atoms with Crippen LogP contribution in [0.25, 0.3) is 0 Å². The van der Waals surface area contributed by atoms with Crippen molar-refractivity contribution in [3.63, 3.8) is 0 Å². The van der Waals surface area contributed by atoms with E-state index in [0.717, 1.165) is 22.4 Å². The molecule has 4 rings (SSSR count). The number of hydrogen-bond donors (Lipinski definition) is 0. The first kappa shape index (κ1) is 18.3. The second-order valence-electron chi connectivity index (χ2n) is 7.24. The van der Waals surface area contributed by atoms with Crippen LogP contribution in [0.3, 0.4) is 0 Å². The molecule has 1 unspecified atom stereocenters. The van der Waals surface area contributed by atoms with Gasteiger partial charge in [-0.25, -0.2) is 4.79 Å². The predicted octanol–water partition coefficient (Wildman–Crippen LogP) is 4.03. The van der Waals surface area contributed by atoms with Gasteiger partial charge in [-0.05, 0) is 50.1 Å². The highest BCUT2D eigenvalue weighted by molar-refractivity contribution is 6.06. The number of hydrogen-bond acceptors (Lipinski definition) is 4. The van der Waals surface area contributed by atoms with Gasteiger partial charge in [-0.3, -0.25) is 9.69 Å². The van der Waals surface area contributed by atoms with Crippen molar-refractivity contribution in [2.45, 2.75) is 33.1 Å². The molecule has 144 valence electrons. The van der Waals surface area contributed by atoms with E-state index in [4.69, 9.17) is 9.47 Å². The van der Waals surface area contributed by atoms with Crippen LogP contribution in [0.5, 0.6) is 5.75 Å². The zero-order valence-corrected chi connectivity index (χ0v) is 16.3. The largest absolute Gasteiger partial charge is 0.494 e. The van der Waals surface area contributed by atoms with Crippen molar-refractivity contribution < 1.29 is 19.1 Å². The molecule has 2 aliphatic heterocycles. The molecule has 28 heavy (non-hydrogen) atoms. The van der Waals surface area contributed by atoms with Gasteiger partial charge in [-0.15, -0.1) is 0 Å². The molecule has 2 aromatic carbocycles. The second-order valence-corrected chi connectivity index (χ2v) is 7.24. The molecule has 1 atom stereocenters. The molecule has 5 heteroatoms. The molecule has 0 fully saturated rings. The Morgan fingerprint density at radius 2 is 1.82 bits per heavy atom. The van der Waals surface area contributed by atoms with Crippen molar-refractivity contribution >= 4 is 17.6 Å². The van der Waals surface area contributed by atoms with E-state index >= 15 is 0 Å². The van der Waals surface area contributed by atoms with Crippen molar-refractivity contribution in [2.24, 2.45) is 0 Å². The van der Waals surface area contributed by atoms with Gasteiger partial charge in [0.25, 0.3) is 0 Å². The van der Waals surface area contributed by atoms with Gasteiger partial charge in [0.1, 0.15) is 12.4 Å². The van der Waals surface area contributed by atoms with E-state index in [1.165, 1.54) is 0 Å². The van der Waals surface area contributed by atoms with Crippen LogP contribution in [0.2, 0.25) is 0 Å². The van der Waals surface area contributed by atoms with Gasteiger partial charge in [0.2, 0.25) is 5.91 Å². The Kier molecular flexibility index (Phi) is 4.67. The fraction of sp³-hybridized carbons (Fsp3) is 0.304. The summed E-state index contributed by atoms with van der Waals surface area (Å²) >= 11 is 0.